The summed E-state index contributed by atoms with van der Waals surface area (Å²) in [4.78, 5) is 0. The second kappa shape index (κ2) is 3.38. The van der Waals surface area contributed by atoms with Gasteiger partial charge in [0.15, 0.2) is 0 Å². The SMILES string of the molecule is CCCC1CCC(N)C1C. The molecule has 1 nitrogen and oxygen atoms in total. The Morgan fingerprint density at radius 1 is 1.40 bits per heavy atom. The summed E-state index contributed by atoms with van der Waals surface area (Å²) in [5, 5.41) is 0. The molecule has 1 fully saturated rings. The maximum Gasteiger partial charge on any atom is 0.00672 e. The number of nitrogens with two attached hydrogens (primary N) is 1. The second-order valence-corrected chi connectivity index (χ2v) is 3.65. The van der Waals surface area contributed by atoms with Crippen LogP contribution in [0.1, 0.15) is 39.5 Å². The zero-order chi connectivity index (χ0) is 7.56. The van der Waals surface area contributed by atoms with E-state index in [0.717, 1.165) is 11.8 Å². The Bertz CT molecular complexity index is 98.9. The average Bonchev–Trinajstić information content (AvgIpc) is 2.20. The zero-order valence-electron chi connectivity index (χ0n) is 7.14. The van der Waals surface area contributed by atoms with Crippen LogP contribution in [0.5, 0.6) is 0 Å². The third-order valence-electron chi connectivity index (χ3n) is 2.95. The molecule has 3 atom stereocenters. The van der Waals surface area contributed by atoms with Crippen molar-refractivity contribution in [3.8, 4) is 0 Å². The maximum atomic E-state index is 5.90. The normalized spacial score (nSPS) is 40.5. The zero-order valence-corrected chi connectivity index (χ0v) is 7.14. The monoisotopic (exact) mass is 141 g/mol. The largest absolute Gasteiger partial charge is 0.327 e. The van der Waals surface area contributed by atoms with Crippen molar-refractivity contribution in [2.24, 2.45) is 17.6 Å². The Labute approximate surface area is 64.0 Å². The van der Waals surface area contributed by atoms with Crippen molar-refractivity contribution in [3.05, 3.63) is 0 Å². The molecule has 60 valence electrons. The lowest BCUT2D eigenvalue weighted by Crippen LogP contribution is -2.24. The van der Waals surface area contributed by atoms with Crippen molar-refractivity contribution in [1.82, 2.24) is 0 Å². The van der Waals surface area contributed by atoms with E-state index in [4.69, 9.17) is 5.73 Å². The summed E-state index contributed by atoms with van der Waals surface area (Å²) in [7, 11) is 0. The maximum absolute atomic E-state index is 5.90. The summed E-state index contributed by atoms with van der Waals surface area (Å²) in [6.45, 7) is 4.56. The molecule has 1 aliphatic carbocycles. The fraction of sp³-hybridized carbons (Fsp3) is 1.00. The van der Waals surface area contributed by atoms with E-state index in [1.54, 1.807) is 0 Å². The molecule has 0 aromatic rings. The van der Waals surface area contributed by atoms with Gasteiger partial charge in [0.25, 0.3) is 0 Å². The van der Waals surface area contributed by atoms with E-state index >= 15 is 0 Å². The molecule has 0 heterocycles. The van der Waals surface area contributed by atoms with Crippen LogP contribution in [0.15, 0.2) is 0 Å². The van der Waals surface area contributed by atoms with Crippen molar-refractivity contribution in [3.63, 3.8) is 0 Å². The highest BCUT2D eigenvalue weighted by atomic mass is 14.7. The number of rotatable bonds is 2. The van der Waals surface area contributed by atoms with Gasteiger partial charge in [-0.1, -0.05) is 26.7 Å². The van der Waals surface area contributed by atoms with Crippen LogP contribution in [0.4, 0.5) is 0 Å². The first-order valence-corrected chi connectivity index (χ1v) is 4.51. The molecular weight excluding hydrogens is 122 g/mol. The molecule has 2 N–H and O–H groups in total. The summed E-state index contributed by atoms with van der Waals surface area (Å²) in [6.07, 6.45) is 5.33. The molecule has 1 heteroatoms. The molecule has 0 spiro atoms. The van der Waals surface area contributed by atoms with Gasteiger partial charge in [0.05, 0.1) is 0 Å². The van der Waals surface area contributed by atoms with Gasteiger partial charge in [-0.3, -0.25) is 0 Å². The molecule has 0 amide bonds. The van der Waals surface area contributed by atoms with E-state index in [2.05, 4.69) is 13.8 Å². The van der Waals surface area contributed by atoms with Gasteiger partial charge in [-0.15, -0.1) is 0 Å². The standard InChI is InChI=1S/C9H19N/c1-3-4-8-5-6-9(10)7(8)2/h7-9H,3-6,10H2,1-2H3. The molecular formula is C9H19N. The Morgan fingerprint density at radius 3 is 2.50 bits per heavy atom. The van der Waals surface area contributed by atoms with Gasteiger partial charge in [-0.2, -0.15) is 0 Å². The lowest BCUT2D eigenvalue weighted by molar-refractivity contribution is 0.367. The summed E-state index contributed by atoms with van der Waals surface area (Å²) < 4.78 is 0. The topological polar surface area (TPSA) is 26.0 Å². The van der Waals surface area contributed by atoms with Crippen molar-refractivity contribution >= 4 is 0 Å². The minimum absolute atomic E-state index is 0.497. The third kappa shape index (κ3) is 1.51. The summed E-state index contributed by atoms with van der Waals surface area (Å²) in [5.74, 6) is 1.71. The van der Waals surface area contributed by atoms with E-state index in [-0.39, 0.29) is 0 Å². The first kappa shape index (κ1) is 8.06. The first-order valence-electron chi connectivity index (χ1n) is 4.51. The molecule has 10 heavy (non-hydrogen) atoms. The highest BCUT2D eigenvalue weighted by Crippen LogP contribution is 2.33. The van der Waals surface area contributed by atoms with Crippen LogP contribution in [0.25, 0.3) is 0 Å². The van der Waals surface area contributed by atoms with Crippen LogP contribution < -0.4 is 5.73 Å². The van der Waals surface area contributed by atoms with Crippen LogP contribution in [-0.4, -0.2) is 6.04 Å². The fourth-order valence-electron chi connectivity index (χ4n) is 2.06. The van der Waals surface area contributed by atoms with Crippen molar-refractivity contribution in [2.75, 3.05) is 0 Å². The summed E-state index contributed by atoms with van der Waals surface area (Å²) >= 11 is 0. The van der Waals surface area contributed by atoms with Crippen LogP contribution >= 0.6 is 0 Å². The van der Waals surface area contributed by atoms with E-state index in [9.17, 15) is 0 Å². The van der Waals surface area contributed by atoms with Crippen molar-refractivity contribution in [2.45, 2.75) is 45.6 Å². The molecule has 0 aromatic carbocycles. The Kier molecular flexibility index (Phi) is 2.72. The molecule has 0 radical (unpaired) electrons. The lowest BCUT2D eigenvalue weighted by Gasteiger charge is -2.16. The summed E-state index contributed by atoms with van der Waals surface area (Å²) in [5.41, 5.74) is 5.90. The number of hydrogen-bond acceptors (Lipinski definition) is 1. The Hall–Kier alpha value is -0.0400. The average molecular weight is 141 g/mol. The fourth-order valence-corrected chi connectivity index (χ4v) is 2.06. The molecule has 3 unspecified atom stereocenters. The molecule has 1 rings (SSSR count). The first-order chi connectivity index (χ1) is 4.75. The van der Waals surface area contributed by atoms with Gasteiger partial charge < -0.3 is 5.73 Å². The van der Waals surface area contributed by atoms with Crippen LogP contribution in [0.3, 0.4) is 0 Å². The minimum atomic E-state index is 0.497. The van der Waals surface area contributed by atoms with Gasteiger partial charge in [-0.05, 0) is 24.7 Å². The van der Waals surface area contributed by atoms with Gasteiger partial charge in [0.1, 0.15) is 0 Å². The highest BCUT2D eigenvalue weighted by Gasteiger charge is 2.28. The quantitative estimate of drug-likeness (QED) is 0.626. The number of hydrogen-bond donors (Lipinski definition) is 1. The highest BCUT2D eigenvalue weighted by molar-refractivity contribution is 4.83. The van der Waals surface area contributed by atoms with Gasteiger partial charge in [0, 0.05) is 6.04 Å². The molecule has 0 aliphatic heterocycles. The van der Waals surface area contributed by atoms with Crippen molar-refractivity contribution < 1.29 is 0 Å². The Balaban J connectivity index is 2.33. The molecule has 0 aromatic heterocycles. The minimum Gasteiger partial charge on any atom is -0.327 e. The molecule has 0 bridgehead atoms. The molecule has 0 saturated heterocycles. The van der Waals surface area contributed by atoms with Crippen LogP contribution in [-0.2, 0) is 0 Å². The van der Waals surface area contributed by atoms with Crippen molar-refractivity contribution in [1.29, 1.82) is 0 Å². The van der Waals surface area contributed by atoms with Gasteiger partial charge in [-0.25, -0.2) is 0 Å². The smallest absolute Gasteiger partial charge is 0.00672 e. The second-order valence-electron chi connectivity index (χ2n) is 3.65. The summed E-state index contributed by atoms with van der Waals surface area (Å²) in [6, 6.07) is 0.497. The van der Waals surface area contributed by atoms with E-state index in [1.165, 1.54) is 25.7 Å². The molecule has 1 aliphatic rings. The predicted octanol–water partition coefficient (Wildman–Crippen LogP) is 2.16. The van der Waals surface area contributed by atoms with Gasteiger partial charge >= 0.3 is 0 Å². The van der Waals surface area contributed by atoms with Gasteiger partial charge in [0.2, 0.25) is 0 Å². The third-order valence-corrected chi connectivity index (χ3v) is 2.95. The van der Waals surface area contributed by atoms with E-state index in [0.29, 0.717) is 6.04 Å². The van der Waals surface area contributed by atoms with Crippen LogP contribution in [0.2, 0.25) is 0 Å². The molecule has 1 saturated carbocycles. The van der Waals surface area contributed by atoms with E-state index in [1.807, 2.05) is 0 Å². The lowest BCUT2D eigenvalue weighted by atomic mass is 9.92. The Morgan fingerprint density at radius 2 is 2.10 bits per heavy atom. The van der Waals surface area contributed by atoms with E-state index < -0.39 is 0 Å². The predicted molar refractivity (Wildman–Crippen MR) is 44.8 cm³/mol. The van der Waals surface area contributed by atoms with Crippen LogP contribution in [0, 0.1) is 11.8 Å².